The lowest BCUT2D eigenvalue weighted by Crippen LogP contribution is -2.04. The van der Waals surface area contributed by atoms with Crippen molar-refractivity contribution in [1.29, 1.82) is 0 Å². The molecule has 0 atom stereocenters. The number of hydrogen-bond acceptors (Lipinski definition) is 8. The molecule has 2 aromatic rings. The molecule has 0 aliphatic rings. The molecule has 0 radical (unpaired) electrons. The molecule has 2 N–H and O–H groups in total. The van der Waals surface area contributed by atoms with Crippen LogP contribution in [0.25, 0.3) is 12.2 Å². The van der Waals surface area contributed by atoms with E-state index in [0.717, 1.165) is 24.3 Å². The number of hydrogen-bond donors (Lipinski definition) is 2. The summed E-state index contributed by atoms with van der Waals surface area (Å²) >= 11 is 0. The topological polar surface area (TPSA) is 195 Å². The minimum atomic E-state index is -4.89. The summed E-state index contributed by atoms with van der Waals surface area (Å²) in [6.07, 6.45) is 2.43. The van der Waals surface area contributed by atoms with Gasteiger partial charge in [0.1, 0.15) is 0 Å². The van der Waals surface area contributed by atoms with E-state index in [-0.39, 0.29) is 11.1 Å². The quantitative estimate of drug-likeness (QED) is 0.296. The molecule has 14 heteroatoms. The third-order valence-electron chi connectivity index (χ3n) is 3.39. The second-order valence-corrected chi connectivity index (χ2v) is 8.03. The van der Waals surface area contributed by atoms with E-state index in [2.05, 4.69) is 0 Å². The standard InChI is InChI=1S/C14H10N2O10S2/c17-15(18)11-5-3-9(7-13(11)27(21,22)23)1-2-10-4-6-12(16(19)20)14(8-10)28(24,25)26/h1-8H,(H,21,22,23)(H,24,25,26)/b2-1+. The maximum absolute atomic E-state index is 11.3. The average Bonchev–Trinajstić information content (AvgIpc) is 2.57. The highest BCUT2D eigenvalue weighted by molar-refractivity contribution is 7.86. The van der Waals surface area contributed by atoms with Gasteiger partial charge in [-0.3, -0.25) is 29.3 Å². The van der Waals surface area contributed by atoms with Crippen molar-refractivity contribution in [2.45, 2.75) is 9.79 Å². The zero-order valence-corrected chi connectivity index (χ0v) is 15.1. The Morgan fingerprint density at radius 2 is 1.04 bits per heavy atom. The fourth-order valence-corrected chi connectivity index (χ4v) is 3.56. The van der Waals surface area contributed by atoms with Gasteiger partial charge in [-0.25, -0.2) is 0 Å². The van der Waals surface area contributed by atoms with Crippen molar-refractivity contribution in [2.24, 2.45) is 0 Å². The molecule has 0 fully saturated rings. The Labute approximate surface area is 157 Å². The molecule has 0 aliphatic heterocycles. The first-order chi connectivity index (χ1) is 12.8. The van der Waals surface area contributed by atoms with Gasteiger partial charge in [0.15, 0.2) is 9.79 Å². The molecule has 28 heavy (non-hydrogen) atoms. The van der Waals surface area contributed by atoms with Gasteiger partial charge in [-0.2, -0.15) is 16.8 Å². The lowest BCUT2D eigenvalue weighted by Gasteiger charge is -2.03. The normalized spacial score (nSPS) is 12.2. The fraction of sp³-hybridized carbons (Fsp3) is 0. The number of rotatable bonds is 6. The Hall–Kier alpha value is -3.20. The van der Waals surface area contributed by atoms with Gasteiger partial charge in [0.2, 0.25) is 0 Å². The number of nitrogens with zero attached hydrogens (tertiary/aromatic N) is 2. The molecule has 0 saturated carbocycles. The molecule has 2 aromatic carbocycles. The summed E-state index contributed by atoms with van der Waals surface area (Å²) in [4.78, 5) is 17.8. The summed E-state index contributed by atoms with van der Waals surface area (Å²) in [6, 6.07) is 5.67. The fourth-order valence-electron chi connectivity index (χ4n) is 2.18. The highest BCUT2D eigenvalue weighted by Crippen LogP contribution is 2.27. The highest BCUT2D eigenvalue weighted by atomic mass is 32.2. The first-order valence-electron chi connectivity index (χ1n) is 7.00. The summed E-state index contributed by atoms with van der Waals surface area (Å²) < 4.78 is 63.5. The minimum Gasteiger partial charge on any atom is -0.282 e. The zero-order valence-electron chi connectivity index (χ0n) is 13.5. The minimum absolute atomic E-state index is 0.0879. The van der Waals surface area contributed by atoms with Crippen molar-refractivity contribution in [3.05, 3.63) is 67.8 Å². The second-order valence-electron chi connectivity index (χ2n) is 5.25. The zero-order chi connectivity index (χ0) is 21.3. The maximum atomic E-state index is 11.3. The van der Waals surface area contributed by atoms with Crippen LogP contribution < -0.4 is 0 Å². The summed E-state index contributed by atoms with van der Waals surface area (Å²) in [5.41, 5.74) is -1.51. The van der Waals surface area contributed by atoms with Gasteiger partial charge >= 0.3 is 20.2 Å². The molecule has 0 aliphatic carbocycles. The number of benzene rings is 2. The molecule has 0 amide bonds. The second kappa shape index (κ2) is 7.43. The molecule has 0 saturated heterocycles. The maximum Gasteiger partial charge on any atom is 0.301 e. The Morgan fingerprint density at radius 3 is 1.29 bits per heavy atom. The third-order valence-corrected chi connectivity index (χ3v) is 5.15. The van der Waals surface area contributed by atoms with Crippen LogP contribution in [0.3, 0.4) is 0 Å². The van der Waals surface area contributed by atoms with Gasteiger partial charge in [0.25, 0.3) is 11.4 Å². The lowest BCUT2D eigenvalue weighted by molar-refractivity contribution is -0.388. The van der Waals surface area contributed by atoms with Crippen LogP contribution in [0.1, 0.15) is 11.1 Å². The summed E-state index contributed by atoms with van der Waals surface area (Å²) in [6.45, 7) is 0. The van der Waals surface area contributed by atoms with E-state index in [0.29, 0.717) is 0 Å². The highest BCUT2D eigenvalue weighted by Gasteiger charge is 2.25. The first-order valence-corrected chi connectivity index (χ1v) is 9.88. The van der Waals surface area contributed by atoms with Crippen LogP contribution >= 0.6 is 0 Å². The molecule has 0 spiro atoms. The molecular weight excluding hydrogens is 420 g/mol. The van der Waals surface area contributed by atoms with Crippen molar-refractivity contribution in [2.75, 3.05) is 0 Å². The lowest BCUT2D eigenvalue weighted by atomic mass is 10.1. The summed E-state index contributed by atoms with van der Waals surface area (Å²) in [7, 11) is -9.78. The van der Waals surface area contributed by atoms with E-state index in [9.17, 15) is 37.1 Å². The third kappa shape index (κ3) is 4.74. The van der Waals surface area contributed by atoms with Crippen LogP contribution in [0.15, 0.2) is 46.2 Å². The van der Waals surface area contributed by atoms with Crippen LogP contribution in [0.5, 0.6) is 0 Å². The van der Waals surface area contributed by atoms with E-state index in [4.69, 9.17) is 9.11 Å². The van der Waals surface area contributed by atoms with Gasteiger partial charge in [0.05, 0.1) is 9.85 Å². The molecule has 12 nitrogen and oxygen atoms in total. The van der Waals surface area contributed by atoms with Crippen LogP contribution in [0, 0.1) is 20.2 Å². The number of nitro benzene ring substituents is 2. The van der Waals surface area contributed by atoms with E-state index < -0.39 is 51.2 Å². The van der Waals surface area contributed by atoms with Crippen LogP contribution in [0.2, 0.25) is 0 Å². The predicted molar refractivity (Wildman–Crippen MR) is 94.8 cm³/mol. The van der Waals surface area contributed by atoms with Crippen LogP contribution in [-0.4, -0.2) is 35.8 Å². The van der Waals surface area contributed by atoms with Crippen molar-refractivity contribution in [3.8, 4) is 0 Å². The SMILES string of the molecule is O=[N+]([O-])c1ccc(/C=C/c2ccc([N+](=O)[O-])c(S(=O)(=O)O)c2)cc1S(=O)(=O)O. The van der Waals surface area contributed by atoms with Gasteiger partial charge in [-0.05, 0) is 35.4 Å². The smallest absolute Gasteiger partial charge is 0.282 e. The van der Waals surface area contributed by atoms with E-state index in [1.807, 2.05) is 0 Å². The van der Waals surface area contributed by atoms with Gasteiger partial charge in [0, 0.05) is 12.1 Å². The Morgan fingerprint density at radius 1 is 0.714 bits per heavy atom. The van der Waals surface area contributed by atoms with Crippen molar-refractivity contribution in [3.63, 3.8) is 0 Å². The van der Waals surface area contributed by atoms with Crippen LogP contribution in [-0.2, 0) is 20.2 Å². The molecule has 0 aromatic heterocycles. The Bertz CT molecular complexity index is 1120. The largest absolute Gasteiger partial charge is 0.301 e. The molecule has 148 valence electrons. The van der Waals surface area contributed by atoms with E-state index in [1.54, 1.807) is 0 Å². The Balaban J connectivity index is 2.52. The predicted octanol–water partition coefficient (Wildman–Crippen LogP) is 2.17. The molecule has 0 unspecified atom stereocenters. The van der Waals surface area contributed by atoms with Crippen LogP contribution in [0.4, 0.5) is 11.4 Å². The van der Waals surface area contributed by atoms with Gasteiger partial charge in [-0.15, -0.1) is 0 Å². The molecule has 0 heterocycles. The first kappa shape index (κ1) is 21.1. The molecular formula is C14H10N2O10S2. The summed E-state index contributed by atoms with van der Waals surface area (Å²) in [5.74, 6) is 0. The summed E-state index contributed by atoms with van der Waals surface area (Å²) in [5, 5.41) is 21.7. The van der Waals surface area contributed by atoms with Crippen molar-refractivity contribution >= 4 is 43.8 Å². The monoisotopic (exact) mass is 430 g/mol. The Kier molecular flexibility index (Phi) is 5.60. The van der Waals surface area contributed by atoms with Crippen molar-refractivity contribution in [1.82, 2.24) is 0 Å². The van der Waals surface area contributed by atoms with Gasteiger partial charge < -0.3 is 0 Å². The van der Waals surface area contributed by atoms with E-state index in [1.165, 1.54) is 24.3 Å². The number of nitro groups is 2. The molecule has 2 rings (SSSR count). The van der Waals surface area contributed by atoms with Gasteiger partial charge in [-0.1, -0.05) is 12.2 Å². The van der Waals surface area contributed by atoms with Crippen molar-refractivity contribution < 1.29 is 35.8 Å². The van der Waals surface area contributed by atoms with E-state index >= 15 is 0 Å². The average molecular weight is 430 g/mol. The molecule has 0 bridgehead atoms.